The van der Waals surface area contributed by atoms with Crippen LogP contribution >= 0.6 is 0 Å². The summed E-state index contributed by atoms with van der Waals surface area (Å²) in [6.45, 7) is 6.91. The number of carbonyl (C=O) groups is 3. The molecule has 156 valence electrons. The minimum atomic E-state index is -1.19. The van der Waals surface area contributed by atoms with Gasteiger partial charge in [-0.2, -0.15) is 0 Å². The van der Waals surface area contributed by atoms with E-state index in [0.29, 0.717) is 19.6 Å². The summed E-state index contributed by atoms with van der Waals surface area (Å²) < 4.78 is 5.08. The molecule has 4 atom stereocenters. The van der Waals surface area contributed by atoms with Crippen LogP contribution in [0.3, 0.4) is 0 Å². The van der Waals surface area contributed by atoms with E-state index in [1.165, 1.54) is 4.90 Å². The third kappa shape index (κ3) is 2.74. The molecule has 2 fully saturated rings. The van der Waals surface area contributed by atoms with Crippen LogP contribution in [0.4, 0.5) is 5.69 Å². The normalized spacial score (nSPS) is 30.4. The van der Waals surface area contributed by atoms with Gasteiger partial charge in [0, 0.05) is 37.6 Å². The molecule has 0 radical (unpaired) electrons. The molecule has 2 saturated heterocycles. The minimum Gasteiger partial charge on any atom is -0.385 e. The second kappa shape index (κ2) is 7.22. The summed E-state index contributed by atoms with van der Waals surface area (Å²) in [5, 5.41) is 6.42. The number of likely N-dealkylation sites (tertiary alicyclic amines) is 1. The van der Waals surface area contributed by atoms with Gasteiger partial charge in [0.1, 0.15) is 5.54 Å². The van der Waals surface area contributed by atoms with Crippen molar-refractivity contribution in [3.8, 4) is 0 Å². The molecule has 3 aliphatic rings. The number of hydrogen-bond donors (Lipinski definition) is 2. The van der Waals surface area contributed by atoms with Gasteiger partial charge in [-0.25, -0.2) is 0 Å². The zero-order chi connectivity index (χ0) is 20.9. The number of hydrogen-bond acceptors (Lipinski definition) is 5. The Kier molecular flexibility index (Phi) is 4.99. The molecule has 7 heteroatoms. The number of benzene rings is 1. The predicted octanol–water partition coefficient (Wildman–Crippen LogP) is 1.66. The van der Waals surface area contributed by atoms with Crippen molar-refractivity contribution in [3.05, 3.63) is 29.3 Å². The fourth-order valence-electron chi connectivity index (χ4n) is 5.22. The lowest BCUT2D eigenvalue weighted by Crippen LogP contribution is -2.54. The molecule has 0 aliphatic carbocycles. The van der Waals surface area contributed by atoms with Crippen molar-refractivity contribution < 1.29 is 19.1 Å². The maximum absolute atomic E-state index is 13.5. The highest BCUT2D eigenvalue weighted by Crippen LogP contribution is 2.54. The van der Waals surface area contributed by atoms with Crippen molar-refractivity contribution in [1.82, 2.24) is 10.2 Å². The van der Waals surface area contributed by atoms with E-state index in [4.69, 9.17) is 4.74 Å². The van der Waals surface area contributed by atoms with Gasteiger partial charge in [-0.15, -0.1) is 0 Å². The van der Waals surface area contributed by atoms with Gasteiger partial charge in [0.05, 0.1) is 11.8 Å². The highest BCUT2D eigenvalue weighted by Gasteiger charge is 2.70. The van der Waals surface area contributed by atoms with E-state index in [0.717, 1.165) is 23.2 Å². The number of amides is 3. The Hall–Kier alpha value is -2.25. The molecule has 1 aromatic rings. The molecule has 4 unspecified atom stereocenters. The van der Waals surface area contributed by atoms with Crippen molar-refractivity contribution in [2.45, 2.75) is 45.2 Å². The van der Waals surface area contributed by atoms with Gasteiger partial charge in [0.15, 0.2) is 0 Å². The van der Waals surface area contributed by atoms with Crippen LogP contribution in [0.2, 0.25) is 0 Å². The van der Waals surface area contributed by atoms with Crippen LogP contribution in [-0.4, -0.2) is 48.9 Å². The van der Waals surface area contributed by atoms with E-state index >= 15 is 0 Å². The van der Waals surface area contributed by atoms with Crippen LogP contribution in [0.5, 0.6) is 0 Å². The largest absolute Gasteiger partial charge is 0.385 e. The number of fused-ring (bicyclic) bond motifs is 4. The first-order valence-electron chi connectivity index (χ1n) is 10.4. The Labute approximate surface area is 171 Å². The number of aryl methyl sites for hydroxylation is 1. The maximum atomic E-state index is 13.5. The summed E-state index contributed by atoms with van der Waals surface area (Å²) in [6.07, 6.45) is 1.41. The summed E-state index contributed by atoms with van der Waals surface area (Å²) in [4.78, 5) is 41.4. The minimum absolute atomic E-state index is 0.101. The Balaban J connectivity index is 1.81. The predicted molar refractivity (Wildman–Crippen MR) is 108 cm³/mol. The highest BCUT2D eigenvalue weighted by molar-refractivity contribution is 6.15. The number of nitrogens with zero attached hydrogens (tertiary/aromatic N) is 1. The number of anilines is 1. The van der Waals surface area contributed by atoms with Gasteiger partial charge in [0.2, 0.25) is 17.7 Å². The quantitative estimate of drug-likeness (QED) is 0.561. The van der Waals surface area contributed by atoms with Crippen LogP contribution in [-0.2, 0) is 31.1 Å². The number of rotatable bonds is 6. The molecular weight excluding hydrogens is 370 g/mol. The van der Waals surface area contributed by atoms with E-state index in [-0.39, 0.29) is 29.7 Å². The Morgan fingerprint density at radius 2 is 1.97 bits per heavy atom. The number of nitrogens with one attached hydrogen (secondary N) is 2. The fourth-order valence-corrected chi connectivity index (χ4v) is 5.22. The van der Waals surface area contributed by atoms with Crippen molar-refractivity contribution in [2.24, 2.45) is 17.8 Å². The molecule has 1 spiro atoms. The summed E-state index contributed by atoms with van der Waals surface area (Å²) in [6, 6.07) is 5.65. The molecule has 0 saturated carbocycles. The van der Waals surface area contributed by atoms with E-state index in [1.54, 1.807) is 7.11 Å². The molecule has 3 heterocycles. The molecule has 7 nitrogen and oxygen atoms in total. The first-order chi connectivity index (χ1) is 13.9. The third-order valence-corrected chi connectivity index (χ3v) is 6.66. The van der Waals surface area contributed by atoms with E-state index in [9.17, 15) is 14.4 Å². The molecule has 4 rings (SSSR count). The Morgan fingerprint density at radius 3 is 2.62 bits per heavy atom. The van der Waals surface area contributed by atoms with Crippen LogP contribution in [0, 0.1) is 17.8 Å². The van der Waals surface area contributed by atoms with Crippen LogP contribution in [0.25, 0.3) is 0 Å². The van der Waals surface area contributed by atoms with Gasteiger partial charge < -0.3 is 10.1 Å². The van der Waals surface area contributed by atoms with Crippen LogP contribution < -0.4 is 10.6 Å². The Bertz CT molecular complexity index is 868. The Morgan fingerprint density at radius 1 is 1.21 bits per heavy atom. The number of methoxy groups -OCH3 is 1. The van der Waals surface area contributed by atoms with E-state index in [1.807, 2.05) is 32.0 Å². The molecule has 3 aliphatic heterocycles. The van der Waals surface area contributed by atoms with Gasteiger partial charge >= 0.3 is 0 Å². The topological polar surface area (TPSA) is 87.7 Å². The van der Waals surface area contributed by atoms with E-state index in [2.05, 4.69) is 17.6 Å². The van der Waals surface area contributed by atoms with Crippen LogP contribution in [0.15, 0.2) is 18.2 Å². The molecule has 1 aromatic carbocycles. The van der Waals surface area contributed by atoms with Gasteiger partial charge in [0.25, 0.3) is 0 Å². The molecular formula is C22H29N3O4. The lowest BCUT2D eigenvalue weighted by Gasteiger charge is -2.30. The average molecular weight is 399 g/mol. The maximum Gasteiger partial charge on any atom is 0.250 e. The summed E-state index contributed by atoms with van der Waals surface area (Å²) in [7, 11) is 1.60. The zero-order valence-electron chi connectivity index (χ0n) is 17.5. The number of ether oxygens (including phenoxy) is 1. The van der Waals surface area contributed by atoms with Crippen molar-refractivity contribution >= 4 is 23.4 Å². The molecule has 2 N–H and O–H groups in total. The lowest BCUT2D eigenvalue weighted by molar-refractivity contribution is -0.143. The third-order valence-electron chi connectivity index (χ3n) is 6.66. The second-order valence-electron chi connectivity index (χ2n) is 8.59. The SMILES string of the molecule is CCc1ccc2c(c1)C1(NC(C(C)C)C3C(=O)N(CCCOC)C(=O)C31)C(=O)N2. The second-order valence-corrected chi connectivity index (χ2v) is 8.59. The average Bonchev–Trinajstić information content (AvgIpc) is 3.28. The van der Waals surface area contributed by atoms with Crippen molar-refractivity contribution in [1.29, 1.82) is 0 Å². The highest BCUT2D eigenvalue weighted by atomic mass is 16.5. The van der Waals surface area contributed by atoms with Gasteiger partial charge in [-0.3, -0.25) is 24.6 Å². The fraction of sp³-hybridized carbons (Fsp3) is 0.591. The summed E-state index contributed by atoms with van der Waals surface area (Å²) in [5.74, 6) is -1.82. The number of imide groups is 1. The monoisotopic (exact) mass is 399 g/mol. The van der Waals surface area contributed by atoms with Gasteiger partial charge in [-0.1, -0.05) is 32.9 Å². The van der Waals surface area contributed by atoms with E-state index < -0.39 is 17.4 Å². The van der Waals surface area contributed by atoms with Gasteiger partial charge in [-0.05, 0) is 30.4 Å². The standard InChI is InChI=1S/C22H29N3O4/c1-5-13-7-8-15-14(11-13)22(21(28)23-15)17-16(18(24-22)12(2)3)19(26)25(20(17)27)9-6-10-29-4/h7-8,11-12,16-18,24H,5-6,9-10H2,1-4H3,(H,23,28). The first kappa shape index (κ1) is 20.0. The van der Waals surface area contributed by atoms with Crippen LogP contribution in [0.1, 0.15) is 38.3 Å². The first-order valence-corrected chi connectivity index (χ1v) is 10.4. The summed E-state index contributed by atoms with van der Waals surface area (Å²) >= 11 is 0. The number of carbonyl (C=O) groups excluding carboxylic acids is 3. The van der Waals surface area contributed by atoms with Crippen molar-refractivity contribution in [3.63, 3.8) is 0 Å². The smallest absolute Gasteiger partial charge is 0.250 e. The molecule has 0 aromatic heterocycles. The lowest BCUT2D eigenvalue weighted by atomic mass is 9.75. The summed E-state index contributed by atoms with van der Waals surface area (Å²) in [5.41, 5.74) is 1.42. The molecule has 3 amide bonds. The molecule has 0 bridgehead atoms. The molecule has 29 heavy (non-hydrogen) atoms. The zero-order valence-corrected chi connectivity index (χ0v) is 17.5. The van der Waals surface area contributed by atoms with Crippen molar-refractivity contribution in [2.75, 3.05) is 25.6 Å².